The van der Waals surface area contributed by atoms with Gasteiger partial charge >= 0.3 is 6.01 Å². The van der Waals surface area contributed by atoms with Crippen molar-refractivity contribution in [3.63, 3.8) is 0 Å². The lowest BCUT2D eigenvalue weighted by molar-refractivity contribution is 0.221. The quantitative estimate of drug-likeness (QED) is 0.580. The van der Waals surface area contributed by atoms with Gasteiger partial charge in [-0.2, -0.15) is 9.97 Å². The summed E-state index contributed by atoms with van der Waals surface area (Å²) in [6, 6.07) is 11.3. The highest BCUT2D eigenvalue weighted by Crippen LogP contribution is 2.23. The van der Waals surface area contributed by atoms with Gasteiger partial charge in [0.2, 0.25) is 0 Å². The number of nitrogens with zero attached hydrogens (tertiary/aromatic N) is 4. The van der Waals surface area contributed by atoms with Crippen molar-refractivity contribution in [3.05, 3.63) is 47.7 Å². The Hall–Kier alpha value is -2.60. The molecule has 1 aromatic carbocycles. The molecule has 0 radical (unpaired) electrons. The first-order chi connectivity index (χ1) is 14.2. The third-order valence-electron chi connectivity index (χ3n) is 5.59. The van der Waals surface area contributed by atoms with Gasteiger partial charge in [0.25, 0.3) is 0 Å². The molecular weight excluding hydrogens is 362 g/mol. The van der Waals surface area contributed by atoms with Crippen LogP contribution >= 0.6 is 0 Å². The minimum Gasteiger partial charge on any atom is -0.463 e. The van der Waals surface area contributed by atoms with Gasteiger partial charge < -0.3 is 15.0 Å². The predicted molar refractivity (Wildman–Crippen MR) is 117 cm³/mol. The third kappa shape index (κ3) is 4.88. The summed E-state index contributed by atoms with van der Waals surface area (Å²) in [5.74, 6) is 0.470. The van der Waals surface area contributed by atoms with Gasteiger partial charge in [0, 0.05) is 19.3 Å². The summed E-state index contributed by atoms with van der Waals surface area (Å²) in [7, 11) is 0. The molecule has 0 unspecified atom stereocenters. The number of ether oxygens (including phenoxy) is 1. The Morgan fingerprint density at radius 3 is 2.41 bits per heavy atom. The maximum atomic E-state index is 6.13. The number of hydrogen-bond donors (Lipinski definition) is 1. The van der Waals surface area contributed by atoms with Gasteiger partial charge in [-0.05, 0) is 49.5 Å². The smallest absolute Gasteiger partial charge is 0.320 e. The van der Waals surface area contributed by atoms with Gasteiger partial charge in [-0.1, -0.05) is 44.0 Å². The van der Waals surface area contributed by atoms with Crippen LogP contribution in [0, 0.1) is 0 Å². The summed E-state index contributed by atoms with van der Waals surface area (Å²) in [5.41, 5.74) is 9.57. The Kier molecular flexibility index (Phi) is 6.30. The highest BCUT2D eigenvalue weighted by molar-refractivity contribution is 5.86. The summed E-state index contributed by atoms with van der Waals surface area (Å²) in [6.07, 6.45) is 8.10. The molecule has 6 heteroatoms. The fourth-order valence-corrected chi connectivity index (χ4v) is 3.89. The van der Waals surface area contributed by atoms with Crippen LogP contribution in [0.25, 0.3) is 11.0 Å². The first-order valence-electron chi connectivity index (χ1n) is 10.8. The van der Waals surface area contributed by atoms with Crippen molar-refractivity contribution in [2.24, 2.45) is 0 Å². The zero-order chi connectivity index (χ0) is 20.1. The van der Waals surface area contributed by atoms with Crippen LogP contribution in [0.2, 0.25) is 0 Å². The minimum atomic E-state index is 0.361. The summed E-state index contributed by atoms with van der Waals surface area (Å²) < 4.78 is 7.79. The maximum absolute atomic E-state index is 6.13. The Labute approximate surface area is 172 Å². The Morgan fingerprint density at radius 1 is 0.966 bits per heavy atom. The summed E-state index contributed by atoms with van der Waals surface area (Å²) >= 11 is 0. The molecule has 29 heavy (non-hydrogen) atoms. The van der Waals surface area contributed by atoms with E-state index in [1.54, 1.807) is 0 Å². The number of fused-ring (bicyclic) bond motifs is 1. The molecule has 0 saturated carbocycles. The second-order valence-corrected chi connectivity index (χ2v) is 7.93. The van der Waals surface area contributed by atoms with Crippen LogP contribution in [0.3, 0.4) is 0 Å². The molecule has 2 N–H and O–H groups in total. The van der Waals surface area contributed by atoms with Gasteiger partial charge in [-0.3, -0.25) is 4.90 Å². The largest absolute Gasteiger partial charge is 0.463 e. The van der Waals surface area contributed by atoms with E-state index in [1.807, 2.05) is 12.3 Å². The lowest BCUT2D eigenvalue weighted by Gasteiger charge is -2.26. The number of hydrogen-bond acceptors (Lipinski definition) is 5. The van der Waals surface area contributed by atoms with Crippen LogP contribution in [0.1, 0.15) is 50.2 Å². The number of likely N-dealkylation sites (tertiary alicyclic amines) is 1. The third-order valence-corrected chi connectivity index (χ3v) is 5.59. The zero-order valence-corrected chi connectivity index (χ0v) is 17.3. The van der Waals surface area contributed by atoms with Crippen LogP contribution < -0.4 is 10.5 Å². The normalized spacial score (nSPS) is 15.1. The van der Waals surface area contributed by atoms with Crippen molar-refractivity contribution >= 4 is 16.9 Å². The van der Waals surface area contributed by atoms with Gasteiger partial charge in [-0.25, -0.2) is 0 Å². The molecule has 1 fully saturated rings. The highest BCUT2D eigenvalue weighted by Gasteiger charge is 2.12. The van der Waals surface area contributed by atoms with E-state index in [-0.39, 0.29) is 0 Å². The number of nitrogens with two attached hydrogens (primary N) is 1. The molecule has 6 nitrogen and oxygen atoms in total. The molecule has 154 valence electrons. The molecule has 4 rings (SSSR count). The molecule has 0 amide bonds. The van der Waals surface area contributed by atoms with Gasteiger partial charge in [0.05, 0.1) is 12.0 Å². The average molecular weight is 394 g/mol. The lowest BCUT2D eigenvalue weighted by Crippen LogP contribution is -2.29. The number of piperidine rings is 1. The highest BCUT2D eigenvalue weighted by atomic mass is 16.5. The first-order valence-corrected chi connectivity index (χ1v) is 10.8. The molecule has 3 aromatic rings. The number of anilines is 1. The second kappa shape index (κ2) is 9.27. The van der Waals surface area contributed by atoms with Gasteiger partial charge in [0.1, 0.15) is 11.5 Å². The summed E-state index contributed by atoms with van der Waals surface area (Å²) in [5, 5.41) is 0.870. The van der Waals surface area contributed by atoms with E-state index >= 15 is 0 Å². The van der Waals surface area contributed by atoms with E-state index in [4.69, 9.17) is 10.5 Å². The number of rotatable bonds is 8. The Morgan fingerprint density at radius 2 is 1.69 bits per heavy atom. The van der Waals surface area contributed by atoms with Crippen molar-refractivity contribution < 1.29 is 4.74 Å². The molecule has 0 bridgehead atoms. The Bertz CT molecular complexity index is 928. The predicted octanol–water partition coefficient (Wildman–Crippen LogP) is 4.23. The molecule has 1 aliphatic heterocycles. The summed E-state index contributed by atoms with van der Waals surface area (Å²) in [6.45, 7) is 6.99. The number of nitrogen functional groups attached to an aromatic ring is 1. The van der Waals surface area contributed by atoms with E-state index < -0.39 is 0 Å². The molecule has 0 atom stereocenters. The maximum Gasteiger partial charge on any atom is 0.320 e. The Balaban J connectivity index is 1.46. The van der Waals surface area contributed by atoms with E-state index in [1.165, 1.54) is 43.5 Å². The molecule has 1 saturated heterocycles. The zero-order valence-electron chi connectivity index (χ0n) is 17.3. The van der Waals surface area contributed by atoms with Crippen molar-refractivity contribution in [2.45, 2.75) is 52.1 Å². The van der Waals surface area contributed by atoms with Crippen LogP contribution in [0.5, 0.6) is 6.01 Å². The monoisotopic (exact) mass is 393 g/mol. The van der Waals surface area contributed by atoms with Crippen LogP contribution in [0.4, 0.5) is 5.82 Å². The molecule has 2 aromatic heterocycles. The fourth-order valence-electron chi connectivity index (χ4n) is 3.89. The molecule has 0 aliphatic carbocycles. The van der Waals surface area contributed by atoms with Gasteiger partial charge in [0.15, 0.2) is 0 Å². The van der Waals surface area contributed by atoms with E-state index in [9.17, 15) is 0 Å². The SMILES string of the molecule is CCCCOc1nc(N)c2ccn(Cc3ccc(CN4CCCCC4)cc3)c2n1. The fraction of sp³-hybridized carbons (Fsp3) is 0.478. The number of benzene rings is 1. The van der Waals surface area contributed by atoms with E-state index in [0.717, 1.165) is 37.0 Å². The van der Waals surface area contributed by atoms with Crippen molar-refractivity contribution in [3.8, 4) is 6.01 Å². The first kappa shape index (κ1) is 19.7. The number of unbranched alkanes of at least 4 members (excludes halogenated alkanes) is 1. The average Bonchev–Trinajstić information content (AvgIpc) is 3.14. The minimum absolute atomic E-state index is 0.361. The van der Waals surface area contributed by atoms with E-state index in [0.29, 0.717) is 18.4 Å². The topological polar surface area (TPSA) is 69.2 Å². The molecule has 1 aliphatic rings. The van der Waals surface area contributed by atoms with Crippen molar-refractivity contribution in [2.75, 3.05) is 25.4 Å². The lowest BCUT2D eigenvalue weighted by atomic mass is 10.1. The van der Waals surface area contributed by atoms with E-state index in [2.05, 4.69) is 50.6 Å². The van der Waals surface area contributed by atoms with Gasteiger partial charge in [-0.15, -0.1) is 0 Å². The van der Waals surface area contributed by atoms with Crippen LogP contribution in [-0.2, 0) is 13.1 Å². The van der Waals surface area contributed by atoms with Crippen molar-refractivity contribution in [1.82, 2.24) is 19.4 Å². The molecule has 0 spiro atoms. The second-order valence-electron chi connectivity index (χ2n) is 7.93. The van der Waals surface area contributed by atoms with Crippen LogP contribution in [-0.4, -0.2) is 39.1 Å². The van der Waals surface area contributed by atoms with Crippen molar-refractivity contribution in [1.29, 1.82) is 0 Å². The van der Waals surface area contributed by atoms with Crippen LogP contribution in [0.15, 0.2) is 36.5 Å². The standard InChI is InChI=1S/C23H31N5O/c1-2-3-15-29-23-25-21(24)20-11-14-28(22(20)26-23)17-19-9-7-18(8-10-19)16-27-12-5-4-6-13-27/h7-11,14H,2-6,12-13,15-17H2,1H3,(H2,24,25,26). The summed E-state index contributed by atoms with van der Waals surface area (Å²) in [4.78, 5) is 11.4. The molecular formula is C23H31N5O. The molecule has 3 heterocycles. The number of aromatic nitrogens is 3.